The minimum Gasteiger partial charge on any atom is -0.756 e. The van der Waals surface area contributed by atoms with E-state index in [1.807, 2.05) is 4.98 Å². The first-order valence-electron chi connectivity index (χ1n) is 17.0. The van der Waals surface area contributed by atoms with Crippen LogP contribution in [0.4, 0.5) is 0 Å². The number of rotatable bonds is 22. The molecule has 41 heteroatoms. The molecule has 4 heterocycles. The Hall–Kier alpha value is -2.93. The van der Waals surface area contributed by atoms with Crippen LogP contribution in [-0.2, 0) is 72.6 Å². The average Bonchev–Trinajstić information content (AvgIpc) is 3.73. The van der Waals surface area contributed by atoms with E-state index >= 15 is 0 Å². The molecule has 35 nitrogen and oxygen atoms in total. The van der Waals surface area contributed by atoms with E-state index in [-0.39, 0.29) is 30.6 Å². The average molecular weight is 1050 g/mol. The van der Waals surface area contributed by atoms with E-state index in [2.05, 4.69) is 47.9 Å². The molecule has 0 aliphatic carbocycles. The fraction of sp³-hybridized carbons (Fsp3) is 0.583. The van der Waals surface area contributed by atoms with Crippen molar-refractivity contribution in [3.05, 3.63) is 88.3 Å². The Morgan fingerprint density at radius 1 is 0.738 bits per heavy atom. The highest BCUT2D eigenvalue weighted by Gasteiger charge is 2.40. The van der Waals surface area contributed by atoms with Gasteiger partial charge in [-0.25, -0.2) is 26.8 Å². The summed E-state index contributed by atoms with van der Waals surface area (Å²) in [6.07, 6.45) is -2.90. The van der Waals surface area contributed by atoms with Gasteiger partial charge in [0.25, 0.3) is 58.1 Å². The lowest BCUT2D eigenvalue weighted by molar-refractivity contribution is -0.254. The maximum atomic E-state index is 12.1. The third-order valence-electron chi connectivity index (χ3n) is 7.71. The summed E-state index contributed by atoms with van der Waals surface area (Å²) in [5, 5.41) is 3.13. The van der Waals surface area contributed by atoms with Crippen molar-refractivity contribution >= 4 is 46.9 Å². The first-order valence-corrected chi connectivity index (χ1v) is 25.8. The second-order valence-electron chi connectivity index (χ2n) is 12.6. The largest absolute Gasteiger partial charge is 0.756 e. The smallest absolute Gasteiger partial charge is 0.330 e. The number of phosphoric ester groups is 2. The van der Waals surface area contributed by atoms with Crippen molar-refractivity contribution in [2.24, 2.45) is 5.11 Å². The number of H-pyrrole nitrogens is 2. The quantitative estimate of drug-likeness (QED) is 0.0291. The Morgan fingerprint density at radius 3 is 1.48 bits per heavy atom. The molecule has 2 fully saturated rings. The molecule has 4 N–H and O–H groups in total. The van der Waals surface area contributed by atoms with Gasteiger partial charge in [-0.1, -0.05) is 11.2 Å². The van der Waals surface area contributed by atoms with Gasteiger partial charge in [0.15, 0.2) is 0 Å². The molecule has 65 heavy (non-hydrogen) atoms. The summed E-state index contributed by atoms with van der Waals surface area (Å²) < 4.78 is 113. The number of ether oxygens (including phenoxy) is 4. The van der Waals surface area contributed by atoms with Gasteiger partial charge in [0, 0.05) is 41.3 Å². The molecule has 368 valence electrons. The van der Waals surface area contributed by atoms with Crippen LogP contribution < -0.4 is 51.9 Å². The minimum atomic E-state index is -6.09. The van der Waals surface area contributed by atoms with E-state index in [9.17, 15) is 75.9 Å². The summed E-state index contributed by atoms with van der Waals surface area (Å²) in [5.74, 6) is 0. The zero-order valence-electron chi connectivity index (χ0n) is 32.6. The molecule has 2 saturated heterocycles. The lowest BCUT2D eigenvalue weighted by Gasteiger charge is -2.33. The predicted octanol–water partition coefficient (Wildman–Crippen LogP) is -3.62. The maximum absolute atomic E-state index is 12.1. The zero-order valence-corrected chi connectivity index (χ0v) is 37.9. The molecule has 0 spiro atoms. The van der Waals surface area contributed by atoms with Gasteiger partial charge in [0.1, 0.15) is 31.4 Å². The van der Waals surface area contributed by atoms with Crippen molar-refractivity contribution in [2.45, 2.75) is 63.6 Å². The molecule has 0 amide bonds. The number of nitrogens with zero attached hydrogens (tertiary/aromatic N) is 5. The number of nitrogens with one attached hydrogen (secondary N) is 2. The summed E-state index contributed by atoms with van der Waals surface area (Å²) in [7, 11) is -35.4. The third-order valence-corrected chi connectivity index (χ3v) is 15.1. The molecule has 0 radical (unpaired) electrons. The Labute approximate surface area is 360 Å². The molecule has 2 aromatic heterocycles. The van der Waals surface area contributed by atoms with E-state index in [4.69, 9.17) is 34.3 Å². The van der Waals surface area contributed by atoms with Crippen LogP contribution in [0.2, 0.25) is 0 Å². The number of aromatic nitrogens is 4. The van der Waals surface area contributed by atoms with Crippen LogP contribution >= 0.6 is 46.9 Å². The van der Waals surface area contributed by atoms with Crippen LogP contribution in [0, 0.1) is 13.8 Å². The zero-order chi connectivity index (χ0) is 49.3. The summed E-state index contributed by atoms with van der Waals surface area (Å²) >= 11 is 0. The third kappa shape index (κ3) is 18.9. The van der Waals surface area contributed by atoms with Crippen LogP contribution in [0.25, 0.3) is 10.4 Å². The lowest BCUT2D eigenvalue weighted by Crippen LogP contribution is -2.33. The molecule has 2 aliphatic heterocycles. The Balaban J connectivity index is 0.000000345. The van der Waals surface area contributed by atoms with Gasteiger partial charge in [-0.05, 0) is 19.4 Å². The highest BCUT2D eigenvalue weighted by atomic mass is 31.3. The van der Waals surface area contributed by atoms with Gasteiger partial charge < -0.3 is 67.1 Å². The van der Waals surface area contributed by atoms with Crippen LogP contribution in [0.15, 0.2) is 49.3 Å². The van der Waals surface area contributed by atoms with Crippen LogP contribution in [-0.4, -0.2) is 79.9 Å². The SMILES string of the molecule is C=CCO[C@@H]1C[C@H](n2cc(C)c(=O)[nH]c2=O)O[C@@H]1COP(=O)([O-])OP(=O)([O-])OP(=O)([O-])O.Cc1cn([C@H]2C[C@@H](OCN=[N+]=[N-])[C@@H](COP(=O)([O-])OP(=O)([O-])OP(=O)([O-])O)O2)c(=O)[nH]c1=O. The van der Waals surface area contributed by atoms with E-state index in [1.54, 1.807) is 0 Å². The second kappa shape index (κ2) is 22.9. The Bertz CT molecular complexity index is 2620. The molecule has 6 unspecified atom stereocenters. The van der Waals surface area contributed by atoms with Crippen molar-refractivity contribution < 1.29 is 112 Å². The number of hydrogen-bond acceptors (Lipinski definition) is 27. The van der Waals surface area contributed by atoms with Crippen molar-refractivity contribution in [3.63, 3.8) is 0 Å². The highest BCUT2D eigenvalue weighted by Crippen LogP contribution is 2.62. The van der Waals surface area contributed by atoms with Gasteiger partial charge in [-0.15, -0.1) is 6.58 Å². The van der Waals surface area contributed by atoms with Crippen molar-refractivity contribution in [3.8, 4) is 0 Å². The number of hydrogen-bond donors (Lipinski definition) is 4. The van der Waals surface area contributed by atoms with Crippen molar-refractivity contribution in [2.75, 3.05) is 26.6 Å². The molecule has 2 aliphatic rings. The maximum Gasteiger partial charge on any atom is 0.330 e. The summed E-state index contributed by atoms with van der Waals surface area (Å²) in [5.41, 5.74) is 5.77. The molecular weight excluding hydrogens is 1020 g/mol. The Morgan fingerprint density at radius 2 is 1.12 bits per heavy atom. The molecule has 4 rings (SSSR count). The number of aromatic amines is 2. The minimum absolute atomic E-state index is 0.00121. The highest BCUT2D eigenvalue weighted by molar-refractivity contribution is 7.65. The molecular formula is C24H33N7O28P6-6. The summed E-state index contributed by atoms with van der Waals surface area (Å²) in [4.78, 5) is 137. The fourth-order valence-corrected chi connectivity index (χ4v) is 11.0. The second-order valence-corrected chi connectivity index (χ2v) is 21.1. The van der Waals surface area contributed by atoms with Crippen LogP contribution in [0.1, 0.15) is 36.4 Å². The normalized spacial score (nSPS) is 26.4. The predicted molar refractivity (Wildman–Crippen MR) is 194 cm³/mol. The van der Waals surface area contributed by atoms with Crippen LogP contribution in [0.5, 0.6) is 0 Å². The van der Waals surface area contributed by atoms with Crippen molar-refractivity contribution in [1.82, 2.24) is 19.1 Å². The van der Waals surface area contributed by atoms with Gasteiger partial charge >= 0.3 is 11.4 Å². The van der Waals surface area contributed by atoms with Crippen molar-refractivity contribution in [1.29, 1.82) is 0 Å². The van der Waals surface area contributed by atoms with E-state index in [1.165, 1.54) is 32.3 Å². The van der Waals surface area contributed by atoms with Gasteiger partial charge in [0.2, 0.25) is 0 Å². The fourth-order valence-electron chi connectivity index (χ4n) is 5.24. The molecule has 12 atom stereocenters. The van der Waals surface area contributed by atoms with E-state index in [0.717, 1.165) is 9.13 Å². The topological polar surface area (TPSA) is 532 Å². The Kier molecular flexibility index (Phi) is 19.9. The van der Waals surface area contributed by atoms with E-state index < -0.39 is 126 Å². The molecule has 0 saturated carbocycles. The van der Waals surface area contributed by atoms with Gasteiger partial charge in [-0.3, -0.25) is 56.1 Å². The first kappa shape index (κ1) is 56.4. The van der Waals surface area contributed by atoms with Gasteiger partial charge in [-0.2, -0.15) is 0 Å². The lowest BCUT2D eigenvalue weighted by atomic mass is 10.2. The first-order chi connectivity index (χ1) is 29.7. The van der Waals surface area contributed by atoms with Gasteiger partial charge in [0.05, 0.1) is 32.0 Å². The van der Waals surface area contributed by atoms with Crippen LogP contribution in [0.3, 0.4) is 0 Å². The summed E-state index contributed by atoms with van der Waals surface area (Å²) in [6.45, 7) is 3.94. The molecule has 2 aromatic rings. The monoisotopic (exact) mass is 1050 g/mol. The number of azide groups is 1. The van der Waals surface area contributed by atoms with E-state index in [0.29, 0.717) is 0 Å². The molecule has 0 bridgehead atoms. The summed E-state index contributed by atoms with van der Waals surface area (Å²) in [6, 6.07) is 0. The number of phosphoric acid groups is 6. The molecule has 0 aromatic carbocycles. The number of aryl methyl sites for hydroxylation is 2. The standard InChI is InChI=1S/C13H21N2O14P3.C11H18N5O14P3/c1-3-4-25-9-5-11(15-6-8(2)12(16)14-13(15)17)27-10(9)7-26-31(21,22)29-32(23,24)28-30(18,19)20;1-6-3-16(11(18)14-10(6)17)9-2-7(26-5-13-15-12)8(28-9)4-27-32(22,23)30-33(24,25)29-31(19,20)21/h3,6,9-11H,1,4-5,7H2,2H3,(H,21,22)(H,23,24)(H,14,16,17)(H2,18,19,20);3,7-9H,2,4-5H2,1H3,(H,22,23)(H,24,25)(H,14,17,18)(H2,19,20,21)/p-6/t9-,10-,11-;7-,8-,9-/m11/s1.